The quantitative estimate of drug-likeness (QED) is 0.613. The summed E-state index contributed by atoms with van der Waals surface area (Å²) in [7, 11) is 0. The van der Waals surface area contributed by atoms with Crippen LogP contribution in [0.3, 0.4) is 0 Å². The zero-order chi connectivity index (χ0) is 19.7. The Hall–Kier alpha value is -2.68. The Morgan fingerprint density at radius 1 is 1.36 bits per heavy atom. The maximum absolute atomic E-state index is 13.2. The van der Waals surface area contributed by atoms with E-state index in [-0.39, 0.29) is 29.8 Å². The second-order valence-corrected chi connectivity index (χ2v) is 6.93. The number of fused-ring (bicyclic) bond motifs is 1. The van der Waals surface area contributed by atoms with E-state index < -0.39 is 0 Å². The molecule has 0 amide bonds. The second kappa shape index (κ2) is 7.75. The van der Waals surface area contributed by atoms with Gasteiger partial charge in [0.05, 0.1) is 18.4 Å². The summed E-state index contributed by atoms with van der Waals surface area (Å²) in [4.78, 5) is 20.7. The van der Waals surface area contributed by atoms with E-state index in [1.54, 1.807) is 18.3 Å². The molecule has 0 fully saturated rings. The van der Waals surface area contributed by atoms with Gasteiger partial charge in [0.15, 0.2) is 11.5 Å². The van der Waals surface area contributed by atoms with Crippen LogP contribution in [0, 0.1) is 5.82 Å². The summed E-state index contributed by atoms with van der Waals surface area (Å²) in [5.41, 5.74) is 3.36. The van der Waals surface area contributed by atoms with Crippen LogP contribution in [0.25, 0.3) is 11.2 Å². The molecule has 0 aliphatic carbocycles. The number of nitrogens with zero attached hydrogens (tertiary/aromatic N) is 4. The fourth-order valence-corrected chi connectivity index (χ4v) is 3.28. The number of aromatic nitrogens is 3. The van der Waals surface area contributed by atoms with E-state index >= 15 is 0 Å². The van der Waals surface area contributed by atoms with E-state index in [2.05, 4.69) is 30.3 Å². The molecule has 4 rings (SSSR count). The summed E-state index contributed by atoms with van der Waals surface area (Å²) in [5.74, 6) is 0.171. The minimum atomic E-state index is -0.299. The molecule has 28 heavy (non-hydrogen) atoms. The minimum absolute atomic E-state index is 0.0640. The summed E-state index contributed by atoms with van der Waals surface area (Å²) in [6.45, 7) is 1.81. The smallest absolute Gasteiger partial charge is 0.159 e. The molecule has 1 aliphatic heterocycles. The molecule has 0 saturated carbocycles. The zero-order valence-electron chi connectivity index (χ0n) is 15.0. The highest BCUT2D eigenvalue weighted by atomic mass is 35.5. The van der Waals surface area contributed by atoms with Gasteiger partial charge in [-0.05, 0) is 24.6 Å². The lowest BCUT2D eigenvalue weighted by Crippen LogP contribution is -2.36. The van der Waals surface area contributed by atoms with Crippen LogP contribution in [0.4, 0.5) is 4.39 Å². The third-order valence-corrected chi connectivity index (χ3v) is 4.74. The predicted octanol–water partition coefficient (Wildman–Crippen LogP) is 3.01. The molecule has 144 valence electrons. The van der Waals surface area contributed by atoms with Crippen molar-refractivity contribution in [1.29, 1.82) is 0 Å². The van der Waals surface area contributed by atoms with Crippen molar-refractivity contribution < 1.29 is 9.50 Å². The average Bonchev–Trinajstić information content (AvgIpc) is 3.11. The molecule has 3 heterocycles. The van der Waals surface area contributed by atoms with E-state index in [0.717, 1.165) is 5.56 Å². The summed E-state index contributed by atoms with van der Waals surface area (Å²) in [5, 5.41) is 13.3. The van der Waals surface area contributed by atoms with Gasteiger partial charge >= 0.3 is 0 Å². The van der Waals surface area contributed by atoms with Gasteiger partial charge in [-0.2, -0.15) is 0 Å². The molecule has 9 heteroatoms. The van der Waals surface area contributed by atoms with Crippen molar-refractivity contribution in [3.63, 3.8) is 0 Å². The Morgan fingerprint density at radius 3 is 2.89 bits per heavy atom. The van der Waals surface area contributed by atoms with Crippen LogP contribution in [0.15, 0.2) is 46.6 Å². The first-order valence-corrected chi connectivity index (χ1v) is 9.18. The normalized spacial score (nSPS) is 18.1. The SMILES string of the molecule is C[C@H](NC1CC(CO)=NC(c2c[nH]c3ncc(Cl)nc23)=N1)c1ccc(F)cc1. The molecule has 7 nitrogen and oxygen atoms in total. The van der Waals surface area contributed by atoms with E-state index in [4.69, 9.17) is 11.6 Å². The Kier molecular flexibility index (Phi) is 5.17. The Morgan fingerprint density at radius 2 is 2.14 bits per heavy atom. The van der Waals surface area contributed by atoms with Gasteiger partial charge in [-0.1, -0.05) is 23.7 Å². The molecule has 0 spiro atoms. The molecule has 0 radical (unpaired) electrons. The average molecular weight is 401 g/mol. The maximum atomic E-state index is 13.2. The number of aliphatic hydroxyl groups excluding tert-OH is 1. The molecule has 3 aromatic rings. The molecular formula is C19H18ClFN6O. The number of aliphatic imine (C=N–C) groups is 2. The lowest BCUT2D eigenvalue weighted by molar-refractivity contribution is 0.350. The third kappa shape index (κ3) is 3.80. The Bertz CT molecular complexity index is 1060. The van der Waals surface area contributed by atoms with E-state index in [9.17, 15) is 9.50 Å². The van der Waals surface area contributed by atoms with Gasteiger partial charge in [0.25, 0.3) is 0 Å². The first kappa shape index (κ1) is 18.7. The van der Waals surface area contributed by atoms with Crippen LogP contribution in [0.1, 0.15) is 30.5 Å². The minimum Gasteiger partial charge on any atom is -0.390 e. The number of hydrogen-bond donors (Lipinski definition) is 3. The molecular weight excluding hydrogens is 383 g/mol. The highest BCUT2D eigenvalue weighted by Gasteiger charge is 2.23. The van der Waals surface area contributed by atoms with Crippen LogP contribution in [-0.2, 0) is 0 Å². The molecule has 3 N–H and O–H groups in total. The van der Waals surface area contributed by atoms with Crippen molar-refractivity contribution in [1.82, 2.24) is 20.3 Å². The van der Waals surface area contributed by atoms with Gasteiger partial charge in [0.1, 0.15) is 22.7 Å². The van der Waals surface area contributed by atoms with Crippen LogP contribution in [0.5, 0.6) is 0 Å². The molecule has 0 saturated heterocycles. The number of hydrogen-bond acceptors (Lipinski definition) is 6. The number of aromatic amines is 1. The Labute approximate surface area is 165 Å². The molecule has 1 unspecified atom stereocenters. The highest BCUT2D eigenvalue weighted by Crippen LogP contribution is 2.22. The van der Waals surface area contributed by atoms with Crippen molar-refractivity contribution in [3.8, 4) is 0 Å². The number of nitrogens with one attached hydrogen (secondary N) is 2. The summed E-state index contributed by atoms with van der Waals surface area (Å²) in [6.07, 6.45) is 3.36. The fraction of sp³-hybridized carbons (Fsp3) is 0.263. The van der Waals surface area contributed by atoms with Crippen LogP contribution >= 0.6 is 11.6 Å². The van der Waals surface area contributed by atoms with Crippen molar-refractivity contribution in [3.05, 3.63) is 58.8 Å². The summed E-state index contributed by atoms with van der Waals surface area (Å²) >= 11 is 5.98. The van der Waals surface area contributed by atoms with Gasteiger partial charge in [-0.15, -0.1) is 0 Å². The number of aliphatic hydroxyl groups is 1. The first-order valence-electron chi connectivity index (χ1n) is 8.80. The van der Waals surface area contributed by atoms with Crippen molar-refractivity contribution >= 4 is 34.3 Å². The standard InChI is InChI=1S/C19H18ClFN6O/c1-10(11-2-4-12(21)5-3-11)24-16-6-13(9-28)25-18(27-16)14-7-22-19-17(14)26-15(20)8-23-19/h2-5,7-8,10,16,24,28H,6,9H2,1H3,(H,22,23)/t10-,16?/m0/s1. The summed E-state index contributed by atoms with van der Waals surface area (Å²) in [6, 6.07) is 6.26. The van der Waals surface area contributed by atoms with Crippen molar-refractivity contribution in [2.24, 2.45) is 9.98 Å². The fourth-order valence-electron chi connectivity index (χ4n) is 3.14. The van der Waals surface area contributed by atoms with Gasteiger partial charge in [-0.25, -0.2) is 24.3 Å². The lowest BCUT2D eigenvalue weighted by atomic mass is 10.1. The number of rotatable bonds is 5. The second-order valence-electron chi connectivity index (χ2n) is 6.54. The van der Waals surface area contributed by atoms with Crippen LogP contribution in [-0.4, -0.2) is 44.4 Å². The van der Waals surface area contributed by atoms with Crippen LogP contribution in [0.2, 0.25) is 5.15 Å². The zero-order valence-corrected chi connectivity index (χ0v) is 15.8. The van der Waals surface area contributed by atoms with Gasteiger partial charge in [-0.3, -0.25) is 5.32 Å². The van der Waals surface area contributed by atoms with E-state index in [0.29, 0.717) is 34.7 Å². The summed E-state index contributed by atoms with van der Waals surface area (Å²) < 4.78 is 13.2. The number of H-pyrrole nitrogens is 1. The number of halogens is 2. The van der Waals surface area contributed by atoms with Crippen molar-refractivity contribution in [2.45, 2.75) is 25.6 Å². The number of benzene rings is 1. The van der Waals surface area contributed by atoms with Gasteiger partial charge in [0.2, 0.25) is 0 Å². The van der Waals surface area contributed by atoms with Gasteiger partial charge in [0, 0.05) is 24.4 Å². The molecule has 1 aromatic carbocycles. The monoisotopic (exact) mass is 400 g/mol. The number of amidine groups is 1. The topological polar surface area (TPSA) is 98.5 Å². The van der Waals surface area contributed by atoms with E-state index in [1.165, 1.54) is 18.3 Å². The largest absolute Gasteiger partial charge is 0.390 e. The first-order chi connectivity index (χ1) is 13.5. The third-order valence-electron chi connectivity index (χ3n) is 4.56. The van der Waals surface area contributed by atoms with Crippen molar-refractivity contribution in [2.75, 3.05) is 6.61 Å². The van der Waals surface area contributed by atoms with Gasteiger partial charge < -0.3 is 10.1 Å². The lowest BCUT2D eigenvalue weighted by Gasteiger charge is -2.24. The highest BCUT2D eigenvalue weighted by molar-refractivity contribution is 6.29. The maximum Gasteiger partial charge on any atom is 0.159 e. The van der Waals surface area contributed by atoms with Crippen LogP contribution < -0.4 is 5.32 Å². The molecule has 2 atom stereocenters. The molecule has 1 aliphatic rings. The predicted molar refractivity (Wildman–Crippen MR) is 106 cm³/mol. The Balaban J connectivity index is 1.64. The van der Waals surface area contributed by atoms with E-state index in [1.807, 2.05) is 6.92 Å². The molecule has 2 aromatic heterocycles. The molecule has 0 bridgehead atoms.